The zero-order valence-corrected chi connectivity index (χ0v) is 0. The molecule has 10 heavy (non-hydrogen) atoms. The molecule has 0 fully saturated rings. The van der Waals surface area contributed by atoms with Crippen LogP contribution in [0.1, 0.15) is 0 Å². The summed E-state index contributed by atoms with van der Waals surface area (Å²) in [4.78, 5) is 0. The first-order valence-electron chi connectivity index (χ1n) is 0. The van der Waals surface area contributed by atoms with Gasteiger partial charge < -0.3 is 0 Å². The van der Waals surface area contributed by atoms with Crippen molar-refractivity contribution in [2.24, 2.45) is 0 Å². The Morgan fingerprint density at radius 1 is 0.200 bits per heavy atom. The Labute approximate surface area is 115 Å². The molecule has 0 rings (SSSR count). The summed E-state index contributed by atoms with van der Waals surface area (Å²) < 4.78 is 0. The molecule has 0 amide bonds. The second-order valence-corrected chi connectivity index (χ2v) is 0. The van der Waals surface area contributed by atoms with Gasteiger partial charge in [-0.2, -0.15) is 0 Å². The minimum absolute atomic E-state index is 0. The van der Waals surface area contributed by atoms with E-state index in [1.54, 1.807) is 0 Å². The van der Waals surface area contributed by atoms with Gasteiger partial charge in [-0.05, 0) is 98.7 Å². The Bertz CT molecular complexity index is 4.69. The predicted molar refractivity (Wildman–Crippen MR) is 112 cm³/mol. The highest BCUT2D eigenvalue weighted by Gasteiger charge is 0.187. The topological polar surface area (TPSA) is 0 Å². The molecular formula is H39AlSi9. The minimum atomic E-state index is 0. The third-order valence-corrected chi connectivity index (χ3v) is 0. The largest absolute Gasteiger partial charge is 0.187 e. The lowest BCUT2D eigenvalue weighted by Gasteiger charge is -0.0159. The number of hydrogen-bond donors (Lipinski definition) is 0. The van der Waals surface area contributed by atoms with Gasteiger partial charge in [0.15, 0.2) is 17.4 Å². The van der Waals surface area contributed by atoms with Gasteiger partial charge >= 0.3 is 0 Å². The Hall–Kier alpha value is 2.48. The van der Waals surface area contributed by atoms with Crippen molar-refractivity contribution in [3.05, 3.63) is 0 Å². The summed E-state index contributed by atoms with van der Waals surface area (Å²) in [6, 6.07) is 0. The number of hydrogen-bond acceptors (Lipinski definition) is 0. The minimum Gasteiger partial charge on any atom is -0.0149 e. The fraction of sp³-hybridized carbons (Fsp3) is 0. The van der Waals surface area contributed by atoms with Crippen LogP contribution in [0, 0.1) is 0 Å². The van der Waals surface area contributed by atoms with Crippen molar-refractivity contribution < 1.29 is 0 Å². The molecule has 0 N–H and O–H groups in total. The zero-order chi connectivity index (χ0) is 0. The van der Waals surface area contributed by atoms with Gasteiger partial charge in [0.1, 0.15) is 0 Å². The van der Waals surface area contributed by atoms with Crippen molar-refractivity contribution in [2.45, 2.75) is 0 Å². The van der Waals surface area contributed by atoms with Crippen LogP contribution < -0.4 is 0 Å². The summed E-state index contributed by atoms with van der Waals surface area (Å²) >= 11 is 0. The van der Waals surface area contributed by atoms with Crippen LogP contribution in [0.4, 0.5) is 0 Å². The van der Waals surface area contributed by atoms with Crippen LogP contribution in [0.3, 0.4) is 0 Å². The van der Waals surface area contributed by atoms with Gasteiger partial charge in [0.05, 0.1) is 0 Å². The fourth-order valence-corrected chi connectivity index (χ4v) is 0. The molecule has 0 bridgehead atoms. The van der Waals surface area contributed by atoms with Gasteiger partial charge in [-0.15, -0.1) is 0 Å². The molecule has 78 valence electrons. The lowest BCUT2D eigenvalue weighted by Crippen LogP contribution is -0.382. The maximum atomic E-state index is 0. The summed E-state index contributed by atoms with van der Waals surface area (Å²) in [7, 11) is 0. The Morgan fingerprint density at radius 3 is 0.200 bits per heavy atom. The van der Waals surface area contributed by atoms with Gasteiger partial charge in [-0.1, -0.05) is 0 Å². The van der Waals surface area contributed by atoms with Gasteiger partial charge in [0, 0.05) is 0 Å². The second kappa shape index (κ2) is 205. The van der Waals surface area contributed by atoms with Gasteiger partial charge in [-0.25, -0.2) is 0 Å². The molecule has 0 spiro atoms. The van der Waals surface area contributed by atoms with Crippen molar-refractivity contribution >= 4 is 116 Å². The monoisotopic (exact) mass is 318 g/mol. The maximum absolute atomic E-state index is 0. The molecule has 0 aliphatic carbocycles. The van der Waals surface area contributed by atoms with E-state index in [9.17, 15) is 0 Å². The molecule has 0 unspecified atom stereocenters. The third-order valence-electron chi connectivity index (χ3n) is 0. The molecule has 0 heterocycles. The standard InChI is InChI=1S/Al.9H4Si.3H/h;9*1H4;;;. The summed E-state index contributed by atoms with van der Waals surface area (Å²) in [5, 5.41) is 0. The highest BCUT2D eigenvalue weighted by Crippen LogP contribution is -0.372. The summed E-state index contributed by atoms with van der Waals surface area (Å²) in [6.07, 6.45) is 0. The van der Waals surface area contributed by atoms with Crippen LogP contribution in [0.2, 0.25) is 0 Å². The van der Waals surface area contributed by atoms with Crippen LogP contribution in [0.5, 0.6) is 0 Å². The van der Waals surface area contributed by atoms with E-state index in [-0.39, 0.29) is 116 Å². The molecule has 0 saturated carbocycles. The lowest BCUT2D eigenvalue weighted by molar-refractivity contribution is 5.75. The van der Waals surface area contributed by atoms with E-state index in [1.165, 1.54) is 0 Å². The highest BCUT2D eigenvalue weighted by molar-refractivity contribution is 5.76. The van der Waals surface area contributed by atoms with Crippen LogP contribution >= 0.6 is 0 Å². The van der Waals surface area contributed by atoms with Crippen LogP contribution in [-0.4, -0.2) is 116 Å². The molecule has 10 heteroatoms. The van der Waals surface area contributed by atoms with Gasteiger partial charge in [0.25, 0.3) is 0 Å². The molecule has 0 saturated heterocycles. The molecular weight excluding hydrogens is 280 g/mol. The third kappa shape index (κ3) is 153. The normalized spacial score (nSPS) is 0. The van der Waals surface area contributed by atoms with E-state index in [4.69, 9.17) is 0 Å². The van der Waals surface area contributed by atoms with Crippen molar-refractivity contribution in [3.8, 4) is 0 Å². The molecule has 0 aromatic heterocycles. The SMILES string of the molecule is [AlH3].[SiH4].[SiH4].[SiH4].[SiH4].[SiH4].[SiH4].[SiH4].[SiH4].[SiH4]. The first kappa shape index (κ1) is 267. The predicted octanol–water partition coefficient (Wildman–Crippen LogP) is -14.2. The van der Waals surface area contributed by atoms with E-state index in [2.05, 4.69) is 0 Å². The molecule has 0 nitrogen and oxygen atoms in total. The second-order valence-electron chi connectivity index (χ2n) is 0. The Morgan fingerprint density at radius 2 is 0.200 bits per heavy atom. The van der Waals surface area contributed by atoms with E-state index in [0.29, 0.717) is 0 Å². The van der Waals surface area contributed by atoms with Crippen molar-refractivity contribution in [1.29, 1.82) is 0 Å². The molecule has 0 radical (unpaired) electrons. The van der Waals surface area contributed by atoms with Gasteiger partial charge in [-0.3, -0.25) is 0 Å². The van der Waals surface area contributed by atoms with Crippen molar-refractivity contribution in [1.82, 2.24) is 0 Å². The quantitative estimate of drug-likeness (QED) is 0.389. The van der Waals surface area contributed by atoms with Crippen LogP contribution in [-0.2, 0) is 0 Å². The van der Waals surface area contributed by atoms with E-state index >= 15 is 0 Å². The van der Waals surface area contributed by atoms with Crippen molar-refractivity contribution in [3.63, 3.8) is 0 Å². The summed E-state index contributed by atoms with van der Waals surface area (Å²) in [6.45, 7) is 0. The Balaban J connectivity index is 0. The molecule has 0 aromatic carbocycles. The lowest BCUT2D eigenvalue weighted by atomic mass is 27.0. The molecule has 0 aromatic rings. The van der Waals surface area contributed by atoms with Crippen LogP contribution in [0.15, 0.2) is 0 Å². The highest BCUT2D eigenvalue weighted by atomic mass is 28.1. The molecule has 0 atom stereocenters. The smallest absolute Gasteiger partial charge is 0.0149 e. The summed E-state index contributed by atoms with van der Waals surface area (Å²) in [5.41, 5.74) is 0. The van der Waals surface area contributed by atoms with Gasteiger partial charge in [0.2, 0.25) is 0 Å². The maximum Gasteiger partial charge on any atom is 0.187 e. The summed E-state index contributed by atoms with van der Waals surface area (Å²) in [5.74, 6) is 0. The van der Waals surface area contributed by atoms with Crippen LogP contribution in [0.25, 0.3) is 0 Å². The first-order chi connectivity index (χ1) is 0. The Kier molecular flexibility index (Phi) is 5460. The molecule has 0 aliphatic rings. The van der Waals surface area contributed by atoms with Crippen molar-refractivity contribution in [2.75, 3.05) is 0 Å². The van der Waals surface area contributed by atoms with E-state index in [0.717, 1.165) is 0 Å². The number of rotatable bonds is 0. The zero-order valence-electron chi connectivity index (χ0n) is 0. The van der Waals surface area contributed by atoms with E-state index < -0.39 is 0 Å². The first-order valence-corrected chi connectivity index (χ1v) is 0. The molecule has 0 aliphatic heterocycles. The van der Waals surface area contributed by atoms with E-state index in [1.807, 2.05) is 0 Å². The average molecular weight is 319 g/mol. The average Bonchev–Trinajstić information content (AvgIpc) is 0. The fourth-order valence-electron chi connectivity index (χ4n) is 0.